The molecular weight excluding hydrogens is 392 g/mol. The van der Waals surface area contributed by atoms with Crippen molar-refractivity contribution in [2.24, 2.45) is 0 Å². The first-order chi connectivity index (χ1) is 12.5. The summed E-state index contributed by atoms with van der Waals surface area (Å²) in [6.07, 6.45) is 3.94. The summed E-state index contributed by atoms with van der Waals surface area (Å²) in [6, 6.07) is 8.53. The summed E-state index contributed by atoms with van der Waals surface area (Å²) in [6.45, 7) is -0.465. The molecule has 1 aromatic heterocycles. The van der Waals surface area contributed by atoms with Gasteiger partial charge in [0.25, 0.3) is 0 Å². The lowest BCUT2D eigenvalue weighted by Crippen LogP contribution is -2.37. The Morgan fingerprint density at radius 2 is 1.70 bits per heavy atom. The molecule has 1 aromatic carbocycles. The lowest BCUT2D eigenvalue weighted by Gasteiger charge is -2.22. The highest BCUT2D eigenvalue weighted by molar-refractivity contribution is 7.92. The van der Waals surface area contributed by atoms with E-state index in [9.17, 15) is 21.6 Å². The molecule has 146 valence electrons. The van der Waals surface area contributed by atoms with Gasteiger partial charge in [0.05, 0.1) is 28.7 Å². The van der Waals surface area contributed by atoms with E-state index in [4.69, 9.17) is 0 Å². The van der Waals surface area contributed by atoms with Gasteiger partial charge in [-0.25, -0.2) is 21.1 Å². The second-order valence-corrected chi connectivity index (χ2v) is 9.90. The number of benzene rings is 1. The smallest absolute Gasteiger partial charge is 0.245 e. The number of rotatable bonds is 7. The van der Waals surface area contributed by atoms with Gasteiger partial charge >= 0.3 is 0 Å². The van der Waals surface area contributed by atoms with Crippen molar-refractivity contribution in [2.75, 3.05) is 36.5 Å². The molecule has 0 saturated heterocycles. The molecule has 2 rings (SSSR count). The summed E-state index contributed by atoms with van der Waals surface area (Å²) in [5.74, 6) is -0.557. The van der Waals surface area contributed by atoms with Gasteiger partial charge in [0.1, 0.15) is 6.54 Å². The highest BCUT2D eigenvalue weighted by Gasteiger charge is 2.23. The van der Waals surface area contributed by atoms with Gasteiger partial charge in [0.2, 0.25) is 26.0 Å². The summed E-state index contributed by atoms with van der Waals surface area (Å²) in [7, 11) is -4.62. The maximum absolute atomic E-state index is 12.2. The fourth-order valence-corrected chi connectivity index (χ4v) is 3.92. The summed E-state index contributed by atoms with van der Waals surface area (Å²) in [4.78, 5) is 16.1. The zero-order valence-electron chi connectivity index (χ0n) is 15.0. The molecule has 0 aliphatic heterocycles. The monoisotopic (exact) mass is 412 g/mol. The molecule has 0 aliphatic rings. The molecule has 1 N–H and O–H groups in total. The molecule has 0 aliphatic carbocycles. The van der Waals surface area contributed by atoms with E-state index in [0.29, 0.717) is 5.69 Å². The second kappa shape index (κ2) is 8.03. The van der Waals surface area contributed by atoms with Crippen molar-refractivity contribution in [1.29, 1.82) is 0 Å². The normalized spacial score (nSPS) is 12.0. The second-order valence-electron chi connectivity index (χ2n) is 5.84. The van der Waals surface area contributed by atoms with Crippen LogP contribution in [0.2, 0.25) is 0 Å². The Labute approximate surface area is 158 Å². The van der Waals surface area contributed by atoms with Crippen molar-refractivity contribution in [3.05, 3.63) is 48.8 Å². The first-order valence-corrected chi connectivity index (χ1v) is 11.0. The van der Waals surface area contributed by atoms with Gasteiger partial charge in [-0.3, -0.25) is 14.1 Å². The number of nitrogens with one attached hydrogen (secondary N) is 1. The standard InChI is InChI=1S/C16H20N4O5S2/c1-19(2)27(24,25)15-8-6-14(7-9-15)20(26(3,22)23)12-16(21)18-13-5-4-10-17-11-13/h4-11H,12H2,1-3H3,(H,18,21). The van der Waals surface area contributed by atoms with Crippen molar-refractivity contribution in [1.82, 2.24) is 9.29 Å². The molecular formula is C16H20N4O5S2. The molecule has 1 heterocycles. The molecule has 0 radical (unpaired) electrons. The minimum atomic E-state index is -3.77. The molecule has 0 fully saturated rings. The van der Waals surface area contributed by atoms with Crippen LogP contribution < -0.4 is 9.62 Å². The van der Waals surface area contributed by atoms with Crippen LogP contribution >= 0.6 is 0 Å². The van der Waals surface area contributed by atoms with Crippen molar-refractivity contribution in [3.63, 3.8) is 0 Å². The Hall–Kier alpha value is -2.50. The van der Waals surface area contributed by atoms with Gasteiger partial charge in [-0.05, 0) is 36.4 Å². The van der Waals surface area contributed by atoms with E-state index >= 15 is 0 Å². The van der Waals surface area contributed by atoms with Gasteiger partial charge in [-0.2, -0.15) is 0 Å². The molecule has 9 nitrogen and oxygen atoms in total. The Bertz CT molecular complexity index is 1000. The highest BCUT2D eigenvalue weighted by Crippen LogP contribution is 2.21. The number of sulfonamides is 2. The topological polar surface area (TPSA) is 117 Å². The maximum Gasteiger partial charge on any atom is 0.245 e. The van der Waals surface area contributed by atoms with E-state index in [1.807, 2.05) is 0 Å². The van der Waals surface area contributed by atoms with Crippen LogP contribution in [0.5, 0.6) is 0 Å². The van der Waals surface area contributed by atoms with E-state index < -0.39 is 32.5 Å². The molecule has 11 heteroatoms. The van der Waals surface area contributed by atoms with E-state index in [0.717, 1.165) is 14.9 Å². The van der Waals surface area contributed by atoms with Crippen molar-refractivity contribution >= 4 is 37.3 Å². The maximum atomic E-state index is 12.2. The third-order valence-electron chi connectivity index (χ3n) is 3.54. The van der Waals surface area contributed by atoms with Crippen LogP contribution in [0.15, 0.2) is 53.7 Å². The number of carbonyl (C=O) groups excluding carboxylic acids is 1. The van der Waals surface area contributed by atoms with E-state index in [1.165, 1.54) is 44.6 Å². The number of pyridine rings is 1. The van der Waals surface area contributed by atoms with E-state index in [-0.39, 0.29) is 10.6 Å². The summed E-state index contributed by atoms with van der Waals surface area (Å²) < 4.78 is 50.4. The first-order valence-electron chi connectivity index (χ1n) is 7.72. The van der Waals surface area contributed by atoms with Crippen LogP contribution in [0.25, 0.3) is 0 Å². The van der Waals surface area contributed by atoms with Crippen LogP contribution in [-0.4, -0.2) is 58.9 Å². The number of aromatic nitrogens is 1. The fraction of sp³-hybridized carbons (Fsp3) is 0.250. The average Bonchev–Trinajstić information content (AvgIpc) is 2.59. The third-order valence-corrected chi connectivity index (χ3v) is 6.51. The predicted molar refractivity (Wildman–Crippen MR) is 102 cm³/mol. The summed E-state index contributed by atoms with van der Waals surface area (Å²) in [5.41, 5.74) is 0.611. The van der Waals surface area contributed by atoms with Gasteiger partial charge in [0.15, 0.2) is 0 Å². The Morgan fingerprint density at radius 3 is 2.19 bits per heavy atom. The molecule has 27 heavy (non-hydrogen) atoms. The lowest BCUT2D eigenvalue weighted by atomic mass is 10.3. The van der Waals surface area contributed by atoms with Gasteiger partial charge in [0, 0.05) is 20.3 Å². The van der Waals surface area contributed by atoms with E-state index in [1.54, 1.807) is 18.3 Å². The Morgan fingerprint density at radius 1 is 1.07 bits per heavy atom. The SMILES string of the molecule is CN(C)S(=O)(=O)c1ccc(N(CC(=O)Nc2cccnc2)S(C)(=O)=O)cc1. The molecule has 1 amide bonds. The van der Waals surface area contributed by atoms with Crippen molar-refractivity contribution in [2.45, 2.75) is 4.90 Å². The minimum Gasteiger partial charge on any atom is -0.323 e. The number of amides is 1. The predicted octanol–water partition coefficient (Wildman–Crippen LogP) is 0.737. The van der Waals surface area contributed by atoms with Crippen LogP contribution in [0, 0.1) is 0 Å². The highest BCUT2D eigenvalue weighted by atomic mass is 32.2. The van der Waals surface area contributed by atoms with Crippen LogP contribution in [0.3, 0.4) is 0 Å². The summed E-state index contributed by atoms with van der Waals surface area (Å²) >= 11 is 0. The molecule has 0 unspecified atom stereocenters. The molecule has 0 spiro atoms. The van der Waals surface area contributed by atoms with Crippen molar-refractivity contribution < 1.29 is 21.6 Å². The number of anilines is 2. The summed E-state index contributed by atoms with van der Waals surface area (Å²) in [5, 5.41) is 2.55. The largest absolute Gasteiger partial charge is 0.323 e. The quantitative estimate of drug-likeness (QED) is 0.717. The van der Waals surface area contributed by atoms with Crippen LogP contribution in [0.1, 0.15) is 0 Å². The Balaban J connectivity index is 2.26. The van der Waals surface area contributed by atoms with Gasteiger partial charge < -0.3 is 5.32 Å². The number of hydrogen-bond donors (Lipinski definition) is 1. The minimum absolute atomic E-state index is 0.0181. The van der Waals surface area contributed by atoms with Crippen LogP contribution in [0.4, 0.5) is 11.4 Å². The number of hydrogen-bond acceptors (Lipinski definition) is 6. The number of nitrogens with zero attached hydrogens (tertiary/aromatic N) is 3. The van der Waals surface area contributed by atoms with Gasteiger partial charge in [-0.15, -0.1) is 0 Å². The third kappa shape index (κ3) is 5.25. The van der Waals surface area contributed by atoms with Crippen molar-refractivity contribution in [3.8, 4) is 0 Å². The van der Waals surface area contributed by atoms with E-state index in [2.05, 4.69) is 10.3 Å². The average molecular weight is 412 g/mol. The van der Waals surface area contributed by atoms with Crippen LogP contribution in [-0.2, 0) is 24.8 Å². The zero-order valence-corrected chi connectivity index (χ0v) is 16.7. The fourth-order valence-electron chi connectivity index (χ4n) is 2.16. The number of carbonyl (C=O) groups is 1. The Kier molecular flexibility index (Phi) is 6.19. The van der Waals surface area contributed by atoms with Gasteiger partial charge in [-0.1, -0.05) is 0 Å². The molecule has 0 bridgehead atoms. The molecule has 2 aromatic rings. The zero-order chi connectivity index (χ0) is 20.2. The first kappa shape index (κ1) is 20.8. The molecule has 0 saturated carbocycles. The molecule has 0 atom stereocenters. The lowest BCUT2D eigenvalue weighted by molar-refractivity contribution is -0.114.